The predicted molar refractivity (Wildman–Crippen MR) is 76.5 cm³/mol. The van der Waals surface area contributed by atoms with Gasteiger partial charge in [0.05, 0.1) is 11.6 Å². The Morgan fingerprint density at radius 2 is 2.10 bits per heavy atom. The number of carbonyl (C=O) groups is 1. The third kappa shape index (κ3) is 2.47. The van der Waals surface area contributed by atoms with Gasteiger partial charge in [0.25, 0.3) is 0 Å². The SMILES string of the molecule is N#Cc1ccc2c(c1)CCN(C1CCNCC1)C(=O)N2. The molecule has 0 aliphatic carbocycles. The number of nitrogens with zero attached hydrogens (tertiary/aromatic N) is 2. The number of nitriles is 1. The normalized spacial score (nSPS) is 19.8. The van der Waals surface area contributed by atoms with Gasteiger partial charge in [-0.15, -0.1) is 0 Å². The van der Waals surface area contributed by atoms with Gasteiger partial charge in [-0.3, -0.25) is 0 Å². The third-order valence-electron chi connectivity index (χ3n) is 4.11. The number of benzene rings is 1. The molecule has 0 spiro atoms. The Morgan fingerprint density at radius 3 is 2.85 bits per heavy atom. The third-order valence-corrected chi connectivity index (χ3v) is 4.11. The average Bonchev–Trinajstić information content (AvgIpc) is 2.65. The first-order chi connectivity index (χ1) is 9.78. The highest BCUT2D eigenvalue weighted by molar-refractivity contribution is 5.91. The minimum Gasteiger partial charge on any atom is -0.321 e. The van der Waals surface area contributed by atoms with Crippen molar-refractivity contribution < 1.29 is 4.79 Å². The number of amides is 2. The second kappa shape index (κ2) is 5.51. The topological polar surface area (TPSA) is 68.2 Å². The second-order valence-corrected chi connectivity index (χ2v) is 5.34. The van der Waals surface area contributed by atoms with Crippen LogP contribution in [0.3, 0.4) is 0 Å². The first-order valence-corrected chi connectivity index (χ1v) is 7.09. The van der Waals surface area contributed by atoms with Crippen LogP contribution in [0.15, 0.2) is 18.2 Å². The molecule has 104 valence electrons. The van der Waals surface area contributed by atoms with E-state index in [4.69, 9.17) is 5.26 Å². The zero-order valence-corrected chi connectivity index (χ0v) is 11.4. The van der Waals surface area contributed by atoms with E-state index in [-0.39, 0.29) is 6.03 Å². The highest BCUT2D eigenvalue weighted by Crippen LogP contribution is 2.24. The number of urea groups is 1. The van der Waals surface area contributed by atoms with E-state index in [9.17, 15) is 4.79 Å². The van der Waals surface area contributed by atoms with Crippen LogP contribution in [0.1, 0.15) is 24.0 Å². The summed E-state index contributed by atoms with van der Waals surface area (Å²) in [4.78, 5) is 14.3. The van der Waals surface area contributed by atoms with Crippen LogP contribution in [-0.4, -0.2) is 36.6 Å². The van der Waals surface area contributed by atoms with Crippen molar-refractivity contribution in [2.45, 2.75) is 25.3 Å². The van der Waals surface area contributed by atoms with Crippen molar-refractivity contribution in [3.63, 3.8) is 0 Å². The van der Waals surface area contributed by atoms with Crippen molar-refractivity contribution in [3.8, 4) is 6.07 Å². The zero-order chi connectivity index (χ0) is 13.9. The maximum Gasteiger partial charge on any atom is 0.322 e. The van der Waals surface area contributed by atoms with Crippen LogP contribution in [0.4, 0.5) is 10.5 Å². The van der Waals surface area contributed by atoms with Gasteiger partial charge >= 0.3 is 6.03 Å². The lowest BCUT2D eigenvalue weighted by atomic mass is 10.0. The first kappa shape index (κ1) is 12.9. The molecule has 1 aromatic carbocycles. The van der Waals surface area contributed by atoms with E-state index >= 15 is 0 Å². The lowest BCUT2D eigenvalue weighted by molar-refractivity contribution is 0.173. The maximum atomic E-state index is 12.4. The predicted octanol–water partition coefficient (Wildman–Crippen LogP) is 1.70. The van der Waals surface area contributed by atoms with Crippen molar-refractivity contribution in [2.75, 3.05) is 25.0 Å². The van der Waals surface area contributed by atoms with Gasteiger partial charge < -0.3 is 15.5 Å². The largest absolute Gasteiger partial charge is 0.322 e. The van der Waals surface area contributed by atoms with E-state index in [1.807, 2.05) is 17.0 Å². The molecule has 0 atom stereocenters. The molecule has 0 unspecified atom stereocenters. The first-order valence-electron chi connectivity index (χ1n) is 7.09. The number of hydrogen-bond acceptors (Lipinski definition) is 3. The summed E-state index contributed by atoms with van der Waals surface area (Å²) >= 11 is 0. The number of piperidine rings is 1. The Bertz CT molecular complexity index is 557. The number of fused-ring (bicyclic) bond motifs is 1. The van der Waals surface area contributed by atoms with Crippen LogP contribution in [0, 0.1) is 11.3 Å². The lowest BCUT2D eigenvalue weighted by Crippen LogP contribution is -2.47. The number of rotatable bonds is 1. The molecule has 0 saturated carbocycles. The van der Waals surface area contributed by atoms with Gasteiger partial charge in [-0.25, -0.2) is 4.79 Å². The van der Waals surface area contributed by atoms with Crippen LogP contribution in [0.25, 0.3) is 0 Å². The van der Waals surface area contributed by atoms with Crippen LogP contribution in [-0.2, 0) is 6.42 Å². The van der Waals surface area contributed by atoms with E-state index in [1.54, 1.807) is 6.07 Å². The fourth-order valence-corrected chi connectivity index (χ4v) is 2.99. The van der Waals surface area contributed by atoms with Gasteiger partial charge in [-0.2, -0.15) is 5.26 Å². The molecule has 1 saturated heterocycles. The summed E-state index contributed by atoms with van der Waals surface area (Å²) in [6, 6.07) is 7.91. The van der Waals surface area contributed by atoms with Crippen molar-refractivity contribution in [1.29, 1.82) is 5.26 Å². The smallest absolute Gasteiger partial charge is 0.321 e. The molecule has 1 aromatic rings. The van der Waals surface area contributed by atoms with Crippen LogP contribution < -0.4 is 10.6 Å². The Morgan fingerprint density at radius 1 is 1.30 bits per heavy atom. The molecular formula is C15H18N4O. The molecule has 20 heavy (non-hydrogen) atoms. The molecule has 5 heteroatoms. The van der Waals surface area contributed by atoms with E-state index in [2.05, 4.69) is 16.7 Å². The summed E-state index contributed by atoms with van der Waals surface area (Å²) in [5.41, 5.74) is 2.53. The fourth-order valence-electron chi connectivity index (χ4n) is 2.99. The summed E-state index contributed by atoms with van der Waals surface area (Å²) < 4.78 is 0. The van der Waals surface area contributed by atoms with Crippen LogP contribution in [0.2, 0.25) is 0 Å². The van der Waals surface area contributed by atoms with E-state index in [0.29, 0.717) is 11.6 Å². The van der Waals surface area contributed by atoms with Crippen molar-refractivity contribution in [3.05, 3.63) is 29.3 Å². The molecule has 2 aliphatic heterocycles. The van der Waals surface area contributed by atoms with Crippen molar-refractivity contribution >= 4 is 11.7 Å². The number of carbonyl (C=O) groups excluding carboxylic acids is 1. The molecule has 0 bridgehead atoms. The van der Waals surface area contributed by atoms with Gasteiger partial charge in [0.2, 0.25) is 0 Å². The summed E-state index contributed by atoms with van der Waals surface area (Å²) in [6.07, 6.45) is 2.81. The Hall–Kier alpha value is -2.06. The Kier molecular flexibility index (Phi) is 3.57. The van der Waals surface area contributed by atoms with E-state index in [1.165, 1.54) is 0 Å². The summed E-state index contributed by atoms with van der Waals surface area (Å²) in [6.45, 7) is 2.67. The van der Waals surface area contributed by atoms with Gasteiger partial charge in [0.1, 0.15) is 0 Å². The highest BCUT2D eigenvalue weighted by atomic mass is 16.2. The molecule has 2 heterocycles. The number of anilines is 1. The molecule has 0 aromatic heterocycles. The minimum atomic E-state index is -0.0136. The van der Waals surface area contributed by atoms with Gasteiger partial charge in [0, 0.05) is 18.3 Å². The molecular weight excluding hydrogens is 252 g/mol. The lowest BCUT2D eigenvalue weighted by Gasteiger charge is -2.33. The quantitative estimate of drug-likeness (QED) is 0.816. The molecule has 5 nitrogen and oxygen atoms in total. The average molecular weight is 270 g/mol. The summed E-state index contributed by atoms with van der Waals surface area (Å²) in [5.74, 6) is 0. The van der Waals surface area contributed by atoms with Crippen molar-refractivity contribution in [2.24, 2.45) is 0 Å². The number of nitrogens with one attached hydrogen (secondary N) is 2. The molecule has 3 rings (SSSR count). The van der Waals surface area contributed by atoms with Crippen LogP contribution in [0.5, 0.6) is 0 Å². The number of hydrogen-bond donors (Lipinski definition) is 2. The van der Waals surface area contributed by atoms with Crippen LogP contribution >= 0.6 is 0 Å². The molecule has 2 aliphatic rings. The van der Waals surface area contributed by atoms with Gasteiger partial charge in [-0.05, 0) is 56.1 Å². The molecule has 2 amide bonds. The molecule has 0 radical (unpaired) electrons. The van der Waals surface area contributed by atoms with Gasteiger partial charge in [0.15, 0.2) is 0 Å². The summed E-state index contributed by atoms with van der Waals surface area (Å²) in [7, 11) is 0. The Balaban J connectivity index is 1.81. The second-order valence-electron chi connectivity index (χ2n) is 5.34. The standard InChI is InChI=1S/C15H18N4O/c16-10-11-1-2-14-12(9-11)5-8-19(15(20)18-14)13-3-6-17-7-4-13/h1-2,9,13,17H,3-8H2,(H,18,20). The molecule has 2 N–H and O–H groups in total. The zero-order valence-electron chi connectivity index (χ0n) is 11.4. The maximum absolute atomic E-state index is 12.4. The Labute approximate surface area is 118 Å². The highest BCUT2D eigenvalue weighted by Gasteiger charge is 2.27. The fraction of sp³-hybridized carbons (Fsp3) is 0.467. The minimum absolute atomic E-state index is 0.0136. The van der Waals surface area contributed by atoms with Crippen molar-refractivity contribution in [1.82, 2.24) is 10.2 Å². The van der Waals surface area contributed by atoms with E-state index < -0.39 is 0 Å². The molecule has 1 fully saturated rings. The van der Waals surface area contributed by atoms with Gasteiger partial charge in [-0.1, -0.05) is 0 Å². The summed E-state index contributed by atoms with van der Waals surface area (Å²) in [5, 5.41) is 15.3. The van der Waals surface area contributed by atoms with E-state index in [0.717, 1.165) is 50.1 Å². The monoisotopic (exact) mass is 270 g/mol.